The minimum atomic E-state index is 0.510. The molecule has 2 aromatic rings. The number of nitriles is 1. The largest absolute Gasteiger partial charge is 0.489 e. The fourth-order valence-corrected chi connectivity index (χ4v) is 1.81. The van der Waals surface area contributed by atoms with Gasteiger partial charge >= 0.3 is 0 Å². The standard InChI is InChI=1S/C16H16N2O/c1-12-9-13(10-17)3-4-14(12)11-19-16-7-5-15(18-2)6-8-16/h3-9,18H,11H2,1-2H3. The number of hydrogen-bond acceptors (Lipinski definition) is 3. The summed E-state index contributed by atoms with van der Waals surface area (Å²) in [7, 11) is 1.88. The molecule has 3 heteroatoms. The molecule has 2 aromatic carbocycles. The van der Waals surface area contributed by atoms with Crippen LogP contribution in [-0.4, -0.2) is 7.05 Å². The van der Waals surface area contributed by atoms with Gasteiger partial charge in [-0.3, -0.25) is 0 Å². The van der Waals surface area contributed by atoms with Gasteiger partial charge in [-0.2, -0.15) is 5.26 Å². The zero-order chi connectivity index (χ0) is 13.7. The monoisotopic (exact) mass is 252 g/mol. The van der Waals surface area contributed by atoms with Crippen molar-refractivity contribution >= 4 is 5.69 Å². The summed E-state index contributed by atoms with van der Waals surface area (Å²) in [6.45, 7) is 2.50. The van der Waals surface area contributed by atoms with Crippen molar-refractivity contribution in [2.24, 2.45) is 0 Å². The van der Waals surface area contributed by atoms with Gasteiger partial charge in [0.05, 0.1) is 11.6 Å². The van der Waals surface area contributed by atoms with Crippen molar-refractivity contribution in [1.82, 2.24) is 0 Å². The lowest BCUT2D eigenvalue weighted by Gasteiger charge is -2.09. The number of anilines is 1. The molecule has 0 aliphatic rings. The molecule has 0 radical (unpaired) electrons. The van der Waals surface area contributed by atoms with Crippen molar-refractivity contribution in [3.05, 3.63) is 59.2 Å². The first-order chi connectivity index (χ1) is 9.22. The second-order valence-corrected chi connectivity index (χ2v) is 4.32. The third-order valence-electron chi connectivity index (χ3n) is 3.01. The van der Waals surface area contributed by atoms with Crippen molar-refractivity contribution in [1.29, 1.82) is 5.26 Å². The first-order valence-corrected chi connectivity index (χ1v) is 6.13. The molecule has 0 unspecified atom stereocenters. The highest BCUT2D eigenvalue weighted by Gasteiger charge is 2.01. The van der Waals surface area contributed by atoms with Gasteiger partial charge in [-0.1, -0.05) is 6.07 Å². The number of benzene rings is 2. The zero-order valence-electron chi connectivity index (χ0n) is 11.1. The van der Waals surface area contributed by atoms with Crippen LogP contribution in [0.3, 0.4) is 0 Å². The minimum Gasteiger partial charge on any atom is -0.489 e. The molecule has 3 nitrogen and oxygen atoms in total. The maximum atomic E-state index is 8.82. The van der Waals surface area contributed by atoms with Crippen molar-refractivity contribution in [2.45, 2.75) is 13.5 Å². The van der Waals surface area contributed by atoms with E-state index in [9.17, 15) is 0 Å². The molecule has 0 spiro atoms. The number of nitrogens with one attached hydrogen (secondary N) is 1. The van der Waals surface area contributed by atoms with Gasteiger partial charge in [0, 0.05) is 12.7 Å². The molecule has 2 rings (SSSR count). The summed E-state index contributed by atoms with van der Waals surface area (Å²) >= 11 is 0. The molecule has 0 amide bonds. The first kappa shape index (κ1) is 13.0. The quantitative estimate of drug-likeness (QED) is 0.906. The van der Waals surface area contributed by atoms with Crippen molar-refractivity contribution < 1.29 is 4.74 Å². The number of ether oxygens (including phenoxy) is 1. The van der Waals surface area contributed by atoms with Gasteiger partial charge in [0.1, 0.15) is 12.4 Å². The molecular formula is C16H16N2O. The third kappa shape index (κ3) is 3.26. The van der Waals surface area contributed by atoms with Crippen molar-refractivity contribution in [2.75, 3.05) is 12.4 Å². The van der Waals surface area contributed by atoms with Gasteiger partial charge in [-0.25, -0.2) is 0 Å². The average Bonchev–Trinajstić information content (AvgIpc) is 2.46. The second-order valence-electron chi connectivity index (χ2n) is 4.32. The first-order valence-electron chi connectivity index (χ1n) is 6.13. The molecular weight excluding hydrogens is 236 g/mol. The van der Waals surface area contributed by atoms with E-state index in [0.29, 0.717) is 12.2 Å². The summed E-state index contributed by atoms with van der Waals surface area (Å²) in [5.41, 5.74) is 3.91. The molecule has 96 valence electrons. The Morgan fingerprint density at radius 1 is 1.16 bits per heavy atom. The lowest BCUT2D eigenvalue weighted by atomic mass is 10.1. The van der Waals surface area contributed by atoms with E-state index >= 15 is 0 Å². The molecule has 0 aromatic heterocycles. The van der Waals surface area contributed by atoms with E-state index in [2.05, 4.69) is 11.4 Å². The SMILES string of the molecule is CNc1ccc(OCc2ccc(C#N)cc2C)cc1. The van der Waals surface area contributed by atoms with Crippen molar-refractivity contribution in [3.63, 3.8) is 0 Å². The molecule has 0 saturated heterocycles. The van der Waals surface area contributed by atoms with E-state index < -0.39 is 0 Å². The van der Waals surface area contributed by atoms with E-state index in [4.69, 9.17) is 10.00 Å². The molecule has 0 heterocycles. The molecule has 0 aliphatic heterocycles. The van der Waals surface area contributed by atoms with Gasteiger partial charge in [0.25, 0.3) is 0 Å². The van der Waals surface area contributed by atoms with Crippen LogP contribution >= 0.6 is 0 Å². The Balaban J connectivity index is 2.04. The van der Waals surface area contributed by atoms with E-state index in [1.54, 1.807) is 0 Å². The summed E-state index contributed by atoms with van der Waals surface area (Å²) in [5.74, 6) is 0.836. The number of nitrogens with zero attached hydrogens (tertiary/aromatic N) is 1. The normalized spacial score (nSPS) is 9.74. The minimum absolute atomic E-state index is 0.510. The maximum absolute atomic E-state index is 8.82. The fraction of sp³-hybridized carbons (Fsp3) is 0.188. The Bertz CT molecular complexity index is 597. The summed E-state index contributed by atoms with van der Waals surface area (Å²) in [4.78, 5) is 0. The highest BCUT2D eigenvalue weighted by molar-refractivity contribution is 5.45. The van der Waals surface area contributed by atoms with Crippen LogP contribution in [0.2, 0.25) is 0 Å². The average molecular weight is 252 g/mol. The Kier molecular flexibility index (Phi) is 4.04. The van der Waals surface area contributed by atoms with E-state index in [1.807, 2.05) is 56.4 Å². The Labute approximate surface area is 113 Å². The smallest absolute Gasteiger partial charge is 0.119 e. The van der Waals surface area contributed by atoms with E-state index in [1.165, 1.54) is 0 Å². The van der Waals surface area contributed by atoms with E-state index in [-0.39, 0.29) is 0 Å². The highest BCUT2D eigenvalue weighted by Crippen LogP contribution is 2.18. The van der Waals surface area contributed by atoms with Gasteiger partial charge in [0.2, 0.25) is 0 Å². The van der Waals surface area contributed by atoms with Crippen LogP contribution in [-0.2, 0) is 6.61 Å². The van der Waals surface area contributed by atoms with Gasteiger partial charge < -0.3 is 10.1 Å². The van der Waals surface area contributed by atoms with E-state index in [0.717, 1.165) is 22.6 Å². The summed E-state index contributed by atoms with van der Waals surface area (Å²) in [6.07, 6.45) is 0. The lowest BCUT2D eigenvalue weighted by molar-refractivity contribution is 0.305. The Morgan fingerprint density at radius 2 is 1.89 bits per heavy atom. The van der Waals surface area contributed by atoms with Crippen LogP contribution in [0.15, 0.2) is 42.5 Å². The van der Waals surface area contributed by atoms with Crippen molar-refractivity contribution in [3.8, 4) is 11.8 Å². The molecule has 0 fully saturated rings. The number of hydrogen-bond donors (Lipinski definition) is 1. The summed E-state index contributed by atoms with van der Waals surface area (Å²) in [5, 5.41) is 11.9. The van der Waals surface area contributed by atoms with Crippen LogP contribution in [0, 0.1) is 18.3 Å². The van der Waals surface area contributed by atoms with Gasteiger partial charge in [-0.05, 0) is 54.4 Å². The number of aryl methyl sites for hydroxylation is 1. The van der Waals surface area contributed by atoms with Crippen LogP contribution in [0.5, 0.6) is 5.75 Å². The maximum Gasteiger partial charge on any atom is 0.119 e. The fourth-order valence-electron chi connectivity index (χ4n) is 1.81. The Hall–Kier alpha value is -2.47. The third-order valence-corrected chi connectivity index (χ3v) is 3.01. The predicted molar refractivity (Wildman–Crippen MR) is 76.2 cm³/mol. The zero-order valence-corrected chi connectivity index (χ0v) is 11.1. The molecule has 19 heavy (non-hydrogen) atoms. The molecule has 0 aliphatic carbocycles. The number of rotatable bonds is 4. The van der Waals surface area contributed by atoms with Crippen LogP contribution in [0.25, 0.3) is 0 Å². The second kappa shape index (κ2) is 5.92. The highest BCUT2D eigenvalue weighted by atomic mass is 16.5. The van der Waals surface area contributed by atoms with Crippen LogP contribution < -0.4 is 10.1 Å². The molecule has 0 saturated carbocycles. The molecule has 1 N–H and O–H groups in total. The van der Waals surface area contributed by atoms with Crippen LogP contribution in [0.1, 0.15) is 16.7 Å². The van der Waals surface area contributed by atoms with Gasteiger partial charge in [-0.15, -0.1) is 0 Å². The summed E-state index contributed by atoms with van der Waals surface area (Å²) < 4.78 is 5.74. The lowest BCUT2D eigenvalue weighted by Crippen LogP contribution is -1.98. The van der Waals surface area contributed by atoms with Crippen LogP contribution in [0.4, 0.5) is 5.69 Å². The summed E-state index contributed by atoms with van der Waals surface area (Å²) in [6, 6.07) is 15.6. The van der Waals surface area contributed by atoms with Gasteiger partial charge in [0.15, 0.2) is 0 Å². The Morgan fingerprint density at radius 3 is 2.47 bits per heavy atom. The molecule has 0 atom stereocenters. The predicted octanol–water partition coefficient (Wildman–Crippen LogP) is 3.49. The topological polar surface area (TPSA) is 45.0 Å². The molecule has 0 bridgehead atoms.